The van der Waals surface area contributed by atoms with Crippen LogP contribution in [-0.2, 0) is 0 Å². The van der Waals surface area contributed by atoms with Gasteiger partial charge in [-0.3, -0.25) is 0 Å². The van der Waals surface area contributed by atoms with E-state index in [1.807, 2.05) is 24.3 Å². The zero-order valence-electron chi connectivity index (χ0n) is 13.8. The molecular weight excluding hydrogens is 282 g/mol. The predicted molar refractivity (Wildman–Crippen MR) is 92.8 cm³/mol. The molecule has 0 aliphatic heterocycles. The van der Waals surface area contributed by atoms with Crippen molar-refractivity contribution in [3.8, 4) is 0 Å². The van der Waals surface area contributed by atoms with Gasteiger partial charge in [0.25, 0.3) is 0 Å². The number of hydrogen-bond acceptors (Lipinski definition) is 3. The molecule has 0 saturated carbocycles. The van der Waals surface area contributed by atoms with Crippen LogP contribution < -0.4 is 5.73 Å². The van der Waals surface area contributed by atoms with E-state index in [1.54, 1.807) is 0 Å². The topological polar surface area (TPSA) is 32.5 Å². The van der Waals surface area contributed by atoms with E-state index in [1.165, 1.54) is 0 Å². The summed E-state index contributed by atoms with van der Waals surface area (Å²) in [6.07, 6.45) is 0.974. The second-order valence-corrected chi connectivity index (χ2v) is 6.88. The smallest absolute Gasteiger partial charge is 0.0406 e. The molecule has 0 bridgehead atoms. The molecule has 0 amide bonds. The van der Waals surface area contributed by atoms with E-state index in [9.17, 15) is 0 Å². The van der Waals surface area contributed by atoms with Crippen LogP contribution in [0.2, 0.25) is 5.02 Å². The molecule has 0 radical (unpaired) electrons. The van der Waals surface area contributed by atoms with Crippen molar-refractivity contribution >= 4 is 11.6 Å². The van der Waals surface area contributed by atoms with Gasteiger partial charge in [-0.1, -0.05) is 37.6 Å². The molecule has 120 valence electrons. The summed E-state index contributed by atoms with van der Waals surface area (Å²) >= 11 is 5.92. The number of rotatable bonds is 9. The van der Waals surface area contributed by atoms with Gasteiger partial charge in [0.2, 0.25) is 0 Å². The molecular formula is C17H30ClN3. The first-order chi connectivity index (χ1) is 9.88. The maximum atomic E-state index is 6.30. The van der Waals surface area contributed by atoms with Gasteiger partial charge in [-0.2, -0.15) is 0 Å². The maximum absolute atomic E-state index is 6.30. The third-order valence-corrected chi connectivity index (χ3v) is 3.79. The fourth-order valence-corrected chi connectivity index (χ4v) is 2.48. The lowest BCUT2D eigenvalue weighted by atomic mass is 10.0. The van der Waals surface area contributed by atoms with Crippen molar-refractivity contribution in [3.63, 3.8) is 0 Å². The lowest BCUT2D eigenvalue weighted by molar-refractivity contribution is 0.212. The normalized spacial score (nSPS) is 13.4. The molecule has 0 fully saturated rings. The molecule has 0 aliphatic rings. The molecule has 1 atom stereocenters. The van der Waals surface area contributed by atoms with Crippen molar-refractivity contribution in [1.29, 1.82) is 0 Å². The van der Waals surface area contributed by atoms with Gasteiger partial charge in [0.1, 0.15) is 0 Å². The largest absolute Gasteiger partial charge is 0.324 e. The molecule has 1 aromatic carbocycles. The highest BCUT2D eigenvalue weighted by Gasteiger charge is 2.11. The van der Waals surface area contributed by atoms with E-state index in [0.29, 0.717) is 5.92 Å². The Labute approximate surface area is 135 Å². The van der Waals surface area contributed by atoms with Crippen LogP contribution in [-0.4, -0.2) is 50.1 Å². The summed E-state index contributed by atoms with van der Waals surface area (Å²) in [4.78, 5) is 4.74. The highest BCUT2D eigenvalue weighted by molar-refractivity contribution is 6.30. The van der Waals surface area contributed by atoms with Crippen LogP contribution in [0.25, 0.3) is 0 Å². The first-order valence-corrected chi connectivity index (χ1v) is 8.14. The molecule has 0 aliphatic carbocycles. The summed E-state index contributed by atoms with van der Waals surface area (Å²) in [7, 11) is 4.24. The van der Waals surface area contributed by atoms with Crippen molar-refractivity contribution < 1.29 is 0 Å². The van der Waals surface area contributed by atoms with Gasteiger partial charge in [-0.05, 0) is 50.7 Å². The first kappa shape index (κ1) is 18.4. The molecule has 0 aromatic heterocycles. The van der Waals surface area contributed by atoms with E-state index in [2.05, 4.69) is 37.7 Å². The molecule has 21 heavy (non-hydrogen) atoms. The molecule has 0 spiro atoms. The number of halogens is 1. The Kier molecular flexibility index (Phi) is 8.27. The Bertz CT molecular complexity index is 390. The van der Waals surface area contributed by atoms with Crippen molar-refractivity contribution in [2.75, 3.05) is 40.3 Å². The van der Waals surface area contributed by atoms with Crippen LogP contribution in [0.3, 0.4) is 0 Å². The zero-order chi connectivity index (χ0) is 15.8. The van der Waals surface area contributed by atoms with E-state index in [-0.39, 0.29) is 6.04 Å². The van der Waals surface area contributed by atoms with Crippen molar-refractivity contribution in [2.24, 2.45) is 11.7 Å². The summed E-state index contributed by atoms with van der Waals surface area (Å²) in [6, 6.07) is 7.96. The number of hydrogen-bond donors (Lipinski definition) is 1. The minimum atomic E-state index is 0.0799. The third-order valence-electron chi connectivity index (χ3n) is 3.54. The number of nitrogens with two attached hydrogens (primary N) is 1. The SMILES string of the molecule is CC(C)CN(CCC(N)c1ccc(Cl)cc1)CCN(C)C. The van der Waals surface area contributed by atoms with Gasteiger partial charge in [0.15, 0.2) is 0 Å². The Morgan fingerprint density at radius 3 is 2.19 bits per heavy atom. The summed E-state index contributed by atoms with van der Waals surface area (Å²) in [5.74, 6) is 0.680. The standard InChI is InChI=1S/C17H30ClN3/c1-14(2)13-21(12-11-20(3)4)10-9-17(19)15-5-7-16(18)8-6-15/h5-8,14,17H,9-13,19H2,1-4H3. The lowest BCUT2D eigenvalue weighted by Gasteiger charge is -2.27. The van der Waals surface area contributed by atoms with Crippen molar-refractivity contribution in [3.05, 3.63) is 34.9 Å². The molecule has 1 rings (SSSR count). The zero-order valence-corrected chi connectivity index (χ0v) is 14.6. The molecule has 4 heteroatoms. The summed E-state index contributed by atoms with van der Waals surface area (Å²) in [5.41, 5.74) is 7.46. The average Bonchev–Trinajstić information content (AvgIpc) is 2.41. The number of nitrogens with zero attached hydrogens (tertiary/aromatic N) is 2. The monoisotopic (exact) mass is 311 g/mol. The van der Waals surface area contributed by atoms with Crippen LogP contribution in [0.5, 0.6) is 0 Å². The quantitative estimate of drug-likeness (QED) is 0.760. The fraction of sp³-hybridized carbons (Fsp3) is 0.647. The van der Waals surface area contributed by atoms with Gasteiger partial charge in [0.05, 0.1) is 0 Å². The summed E-state index contributed by atoms with van der Waals surface area (Å²) < 4.78 is 0. The third kappa shape index (κ3) is 7.82. The maximum Gasteiger partial charge on any atom is 0.0406 e. The molecule has 0 saturated heterocycles. The van der Waals surface area contributed by atoms with Crippen LogP contribution in [0.4, 0.5) is 0 Å². The second-order valence-electron chi connectivity index (χ2n) is 6.44. The van der Waals surface area contributed by atoms with E-state index < -0.39 is 0 Å². The lowest BCUT2D eigenvalue weighted by Crippen LogP contribution is -2.36. The minimum Gasteiger partial charge on any atom is -0.324 e. The second kappa shape index (κ2) is 9.42. The van der Waals surface area contributed by atoms with Crippen molar-refractivity contribution in [2.45, 2.75) is 26.3 Å². The van der Waals surface area contributed by atoms with Gasteiger partial charge in [-0.25, -0.2) is 0 Å². The number of benzene rings is 1. The van der Waals surface area contributed by atoms with Gasteiger partial charge in [0, 0.05) is 30.7 Å². The number of likely N-dealkylation sites (N-methyl/N-ethyl adjacent to an activating group) is 1. The molecule has 1 aromatic rings. The van der Waals surface area contributed by atoms with Gasteiger partial charge < -0.3 is 15.5 Å². The Hall–Kier alpha value is -0.610. The Morgan fingerprint density at radius 1 is 1.05 bits per heavy atom. The van der Waals surface area contributed by atoms with Crippen LogP contribution in [0, 0.1) is 5.92 Å². The van der Waals surface area contributed by atoms with E-state index >= 15 is 0 Å². The van der Waals surface area contributed by atoms with Gasteiger partial charge in [-0.15, -0.1) is 0 Å². The highest BCUT2D eigenvalue weighted by atomic mass is 35.5. The first-order valence-electron chi connectivity index (χ1n) is 7.76. The average molecular weight is 312 g/mol. The van der Waals surface area contributed by atoms with E-state index in [4.69, 9.17) is 17.3 Å². The Balaban J connectivity index is 2.48. The van der Waals surface area contributed by atoms with Crippen LogP contribution in [0.1, 0.15) is 31.9 Å². The van der Waals surface area contributed by atoms with Gasteiger partial charge >= 0.3 is 0 Å². The highest BCUT2D eigenvalue weighted by Crippen LogP contribution is 2.17. The van der Waals surface area contributed by atoms with Crippen LogP contribution in [0.15, 0.2) is 24.3 Å². The molecule has 0 heterocycles. The van der Waals surface area contributed by atoms with E-state index in [0.717, 1.165) is 43.2 Å². The molecule has 2 N–H and O–H groups in total. The predicted octanol–water partition coefficient (Wildman–Crippen LogP) is 3.25. The fourth-order valence-electron chi connectivity index (χ4n) is 2.35. The summed E-state index contributed by atoms with van der Waals surface area (Å²) in [5, 5.41) is 0.762. The molecule has 3 nitrogen and oxygen atoms in total. The Morgan fingerprint density at radius 2 is 1.67 bits per heavy atom. The van der Waals surface area contributed by atoms with Crippen LogP contribution >= 0.6 is 11.6 Å². The molecule has 1 unspecified atom stereocenters. The summed E-state index contributed by atoms with van der Waals surface area (Å²) in [6.45, 7) is 8.88. The van der Waals surface area contributed by atoms with Crippen molar-refractivity contribution in [1.82, 2.24) is 9.80 Å². The minimum absolute atomic E-state index is 0.0799.